The molecule has 0 bridgehead atoms. The second-order valence-electron chi connectivity index (χ2n) is 8.03. The van der Waals surface area contributed by atoms with E-state index in [1.807, 2.05) is 0 Å². The molecule has 1 aromatic carbocycles. The van der Waals surface area contributed by atoms with Gasteiger partial charge in [-0.2, -0.15) is 13.2 Å². The molecule has 2 heterocycles. The first-order valence-corrected chi connectivity index (χ1v) is 11.4. The monoisotopic (exact) mass is 564 g/mol. The van der Waals surface area contributed by atoms with Gasteiger partial charge < -0.3 is 20.7 Å². The van der Waals surface area contributed by atoms with Gasteiger partial charge in [-0.25, -0.2) is 9.97 Å². The molecule has 0 saturated heterocycles. The minimum absolute atomic E-state index is 0.0778. The zero-order valence-electron chi connectivity index (χ0n) is 18.8. The van der Waals surface area contributed by atoms with Crippen LogP contribution in [0.15, 0.2) is 53.4 Å². The van der Waals surface area contributed by atoms with Gasteiger partial charge in [0.2, 0.25) is 5.91 Å². The Kier molecular flexibility index (Phi) is 7.11. The summed E-state index contributed by atoms with van der Waals surface area (Å²) in [6.07, 6.45) is 0.417. The molecule has 1 saturated carbocycles. The molecule has 4 rings (SSSR count). The minimum atomic E-state index is -4.53. The number of methoxy groups -OCH3 is 1. The van der Waals surface area contributed by atoms with E-state index in [4.69, 9.17) is 4.74 Å². The average molecular weight is 565 g/mol. The zero-order chi connectivity index (χ0) is 25.9. The number of carbonyl (C=O) groups is 2. The fourth-order valence-corrected chi connectivity index (χ4v) is 3.68. The Bertz CT molecular complexity index is 1270. The molecule has 2 aromatic heterocycles. The maximum Gasteiger partial charge on any atom is 0.418 e. The SMILES string of the molecule is COc1ncc(C(=O)NC2(C(=O)NCc3ccc(Nc4ccc(Br)cc4C(F)(F)F)cn3)CC2)cn1. The maximum absolute atomic E-state index is 13.3. The maximum atomic E-state index is 13.3. The number of pyridine rings is 1. The molecule has 0 aliphatic heterocycles. The Morgan fingerprint density at radius 1 is 1.08 bits per heavy atom. The lowest BCUT2D eigenvalue weighted by atomic mass is 10.1. The molecule has 1 aliphatic rings. The molecule has 13 heteroatoms. The van der Waals surface area contributed by atoms with Crippen LogP contribution >= 0.6 is 15.9 Å². The standard InChI is InChI=1S/C23H20BrF3N6O3/c1-36-21-30-9-13(10-31-21)19(34)33-22(6-7-22)20(35)29-11-15-3-4-16(12-28-15)32-18-5-2-14(24)8-17(18)23(25,26)27/h2-5,8-10,12,32H,6-7,11H2,1H3,(H,29,35)(H,33,34). The number of amides is 2. The molecule has 36 heavy (non-hydrogen) atoms. The molecule has 9 nitrogen and oxygen atoms in total. The van der Waals surface area contributed by atoms with Crippen LogP contribution in [0.3, 0.4) is 0 Å². The van der Waals surface area contributed by atoms with Gasteiger partial charge in [0, 0.05) is 16.9 Å². The largest absolute Gasteiger partial charge is 0.467 e. The van der Waals surface area contributed by atoms with E-state index < -0.39 is 23.2 Å². The topological polar surface area (TPSA) is 118 Å². The van der Waals surface area contributed by atoms with E-state index in [1.54, 1.807) is 12.1 Å². The van der Waals surface area contributed by atoms with Crippen LogP contribution in [0.2, 0.25) is 0 Å². The van der Waals surface area contributed by atoms with Crippen molar-refractivity contribution in [2.24, 2.45) is 0 Å². The van der Waals surface area contributed by atoms with Gasteiger partial charge in [-0.15, -0.1) is 0 Å². The molecular formula is C23H20BrF3N6O3. The van der Waals surface area contributed by atoms with Crippen molar-refractivity contribution in [2.75, 3.05) is 12.4 Å². The summed E-state index contributed by atoms with van der Waals surface area (Å²) in [5.74, 6) is -0.844. The van der Waals surface area contributed by atoms with Gasteiger partial charge in [0.25, 0.3) is 5.91 Å². The number of hydrogen-bond donors (Lipinski definition) is 3. The van der Waals surface area contributed by atoms with Crippen molar-refractivity contribution in [1.82, 2.24) is 25.6 Å². The Labute approximate surface area is 212 Å². The molecule has 0 atom stereocenters. The number of nitrogens with zero attached hydrogens (tertiary/aromatic N) is 3. The molecule has 3 N–H and O–H groups in total. The highest BCUT2D eigenvalue weighted by Gasteiger charge is 2.51. The lowest BCUT2D eigenvalue weighted by molar-refractivity contribution is -0.137. The first-order chi connectivity index (χ1) is 17.1. The van der Waals surface area contributed by atoms with Crippen LogP contribution in [0.1, 0.15) is 34.5 Å². The number of ether oxygens (including phenoxy) is 1. The van der Waals surface area contributed by atoms with Crippen LogP contribution in [-0.2, 0) is 17.5 Å². The normalized spacial score (nSPS) is 14.0. The highest BCUT2D eigenvalue weighted by atomic mass is 79.9. The molecule has 0 unspecified atom stereocenters. The van der Waals surface area contributed by atoms with Crippen molar-refractivity contribution in [1.29, 1.82) is 0 Å². The average Bonchev–Trinajstić information content (AvgIpc) is 3.64. The van der Waals surface area contributed by atoms with E-state index in [9.17, 15) is 22.8 Å². The van der Waals surface area contributed by atoms with E-state index in [0.29, 0.717) is 28.7 Å². The number of alkyl halides is 3. The molecule has 1 aliphatic carbocycles. The Hall–Kier alpha value is -3.74. The number of hydrogen-bond acceptors (Lipinski definition) is 7. The van der Waals surface area contributed by atoms with E-state index in [-0.39, 0.29) is 29.7 Å². The molecule has 3 aromatic rings. The summed E-state index contributed by atoms with van der Waals surface area (Å²) in [6, 6.07) is 7.09. The van der Waals surface area contributed by atoms with Crippen molar-refractivity contribution in [3.05, 3.63) is 70.2 Å². The Balaban J connectivity index is 1.34. The number of rotatable bonds is 8. The first-order valence-electron chi connectivity index (χ1n) is 10.7. The predicted molar refractivity (Wildman–Crippen MR) is 127 cm³/mol. The lowest BCUT2D eigenvalue weighted by Crippen LogP contribution is -2.48. The van der Waals surface area contributed by atoms with Crippen LogP contribution in [0.25, 0.3) is 0 Å². The van der Waals surface area contributed by atoms with Gasteiger partial charge in [-0.05, 0) is 43.2 Å². The van der Waals surface area contributed by atoms with Crippen LogP contribution in [0, 0.1) is 0 Å². The summed E-state index contributed by atoms with van der Waals surface area (Å²) < 4.78 is 45.1. The molecular weight excluding hydrogens is 545 g/mol. The van der Waals surface area contributed by atoms with Crippen molar-refractivity contribution in [2.45, 2.75) is 31.1 Å². The summed E-state index contributed by atoms with van der Waals surface area (Å²) in [6.45, 7) is 0.0778. The second kappa shape index (κ2) is 10.1. The van der Waals surface area contributed by atoms with Crippen LogP contribution in [-0.4, -0.2) is 39.4 Å². The fraction of sp³-hybridized carbons (Fsp3) is 0.261. The number of halogens is 4. The Morgan fingerprint density at radius 3 is 2.39 bits per heavy atom. The molecule has 2 amide bonds. The summed E-state index contributed by atoms with van der Waals surface area (Å²) in [4.78, 5) is 37.1. The smallest absolute Gasteiger partial charge is 0.418 e. The van der Waals surface area contributed by atoms with Crippen molar-refractivity contribution >= 4 is 39.1 Å². The molecule has 0 radical (unpaired) electrons. The highest BCUT2D eigenvalue weighted by molar-refractivity contribution is 9.10. The number of aromatic nitrogens is 3. The summed E-state index contributed by atoms with van der Waals surface area (Å²) in [5, 5.41) is 8.18. The third-order valence-corrected chi connectivity index (χ3v) is 5.92. The fourth-order valence-electron chi connectivity index (χ4n) is 3.32. The number of carbonyl (C=O) groups excluding carboxylic acids is 2. The molecule has 0 spiro atoms. The number of benzene rings is 1. The van der Waals surface area contributed by atoms with E-state index in [0.717, 1.165) is 6.07 Å². The van der Waals surface area contributed by atoms with Crippen molar-refractivity contribution in [3.63, 3.8) is 0 Å². The number of nitrogens with one attached hydrogen (secondary N) is 3. The van der Waals surface area contributed by atoms with Gasteiger partial charge in [0.15, 0.2) is 0 Å². The highest BCUT2D eigenvalue weighted by Crippen LogP contribution is 2.38. The third kappa shape index (κ3) is 5.90. The third-order valence-electron chi connectivity index (χ3n) is 5.43. The van der Waals surface area contributed by atoms with E-state index >= 15 is 0 Å². The summed E-state index contributed by atoms with van der Waals surface area (Å²) >= 11 is 3.05. The quantitative estimate of drug-likeness (QED) is 0.378. The first kappa shape index (κ1) is 25.4. The van der Waals surface area contributed by atoms with Crippen molar-refractivity contribution in [3.8, 4) is 6.01 Å². The van der Waals surface area contributed by atoms with Gasteiger partial charge in [0.1, 0.15) is 5.54 Å². The van der Waals surface area contributed by atoms with Crippen LogP contribution < -0.4 is 20.7 Å². The summed E-state index contributed by atoms with van der Waals surface area (Å²) in [7, 11) is 1.41. The molecule has 188 valence electrons. The van der Waals surface area contributed by atoms with Crippen LogP contribution in [0.4, 0.5) is 24.5 Å². The van der Waals surface area contributed by atoms with Crippen molar-refractivity contribution < 1.29 is 27.5 Å². The zero-order valence-corrected chi connectivity index (χ0v) is 20.4. The molecule has 1 fully saturated rings. The van der Waals surface area contributed by atoms with Gasteiger partial charge >= 0.3 is 12.2 Å². The van der Waals surface area contributed by atoms with E-state index in [2.05, 4.69) is 46.8 Å². The predicted octanol–water partition coefficient (Wildman–Crippen LogP) is 3.98. The second-order valence-corrected chi connectivity index (χ2v) is 8.94. The summed E-state index contributed by atoms with van der Waals surface area (Å²) in [5.41, 5.74) is -0.904. The number of anilines is 2. The lowest BCUT2D eigenvalue weighted by Gasteiger charge is -2.17. The van der Waals surface area contributed by atoms with Gasteiger partial charge in [0.05, 0.1) is 48.0 Å². The van der Waals surface area contributed by atoms with Crippen LogP contribution in [0.5, 0.6) is 6.01 Å². The van der Waals surface area contributed by atoms with Gasteiger partial charge in [-0.3, -0.25) is 14.6 Å². The minimum Gasteiger partial charge on any atom is -0.467 e. The van der Waals surface area contributed by atoms with Gasteiger partial charge in [-0.1, -0.05) is 15.9 Å². The van der Waals surface area contributed by atoms with E-state index in [1.165, 1.54) is 37.8 Å². The Morgan fingerprint density at radius 2 is 1.81 bits per heavy atom.